The zero-order chi connectivity index (χ0) is 10.2. The van der Waals surface area contributed by atoms with Gasteiger partial charge in [-0.05, 0) is 31.0 Å². The van der Waals surface area contributed by atoms with Crippen molar-refractivity contribution in [2.75, 3.05) is 4.72 Å². The highest BCUT2D eigenvalue weighted by Crippen LogP contribution is 2.29. The van der Waals surface area contributed by atoms with E-state index in [1.807, 2.05) is 0 Å². The molecule has 5 heteroatoms. The van der Waals surface area contributed by atoms with Crippen molar-refractivity contribution in [3.8, 4) is 0 Å². The van der Waals surface area contributed by atoms with E-state index in [1.54, 1.807) is 0 Å². The molecule has 1 N–H and O–H groups in total. The maximum Gasteiger partial charge on any atom is 0.235 e. The van der Waals surface area contributed by atoms with Crippen molar-refractivity contribution in [3.63, 3.8) is 0 Å². The van der Waals surface area contributed by atoms with Gasteiger partial charge in [0.05, 0.1) is 10.9 Å². The third-order valence-electron chi connectivity index (χ3n) is 2.05. The minimum absolute atomic E-state index is 0.286. The van der Waals surface area contributed by atoms with Crippen LogP contribution in [0.3, 0.4) is 0 Å². The van der Waals surface area contributed by atoms with E-state index in [9.17, 15) is 12.8 Å². The lowest BCUT2D eigenvalue weighted by atomic mass is 10.3. The van der Waals surface area contributed by atoms with Crippen molar-refractivity contribution < 1.29 is 12.8 Å². The van der Waals surface area contributed by atoms with E-state index >= 15 is 0 Å². The van der Waals surface area contributed by atoms with Gasteiger partial charge in [-0.2, -0.15) is 0 Å². The maximum atomic E-state index is 12.7. The van der Waals surface area contributed by atoms with Crippen LogP contribution in [0.1, 0.15) is 12.8 Å². The minimum atomic E-state index is -3.27. The number of hydrogen-bond acceptors (Lipinski definition) is 2. The predicted octanol–water partition coefficient (Wildman–Crippen LogP) is 1.73. The molecular weight excluding hydrogens is 205 g/mol. The molecule has 1 fully saturated rings. The Balaban J connectivity index is 2.18. The summed E-state index contributed by atoms with van der Waals surface area (Å²) in [5.74, 6) is -0.444. The first-order chi connectivity index (χ1) is 6.58. The Morgan fingerprint density at radius 3 is 2.64 bits per heavy atom. The van der Waals surface area contributed by atoms with Gasteiger partial charge in [-0.1, -0.05) is 6.07 Å². The average molecular weight is 215 g/mol. The number of anilines is 1. The topological polar surface area (TPSA) is 46.2 Å². The fourth-order valence-corrected chi connectivity index (χ4v) is 2.56. The van der Waals surface area contributed by atoms with Crippen LogP contribution in [0.2, 0.25) is 0 Å². The normalized spacial score (nSPS) is 16.6. The van der Waals surface area contributed by atoms with E-state index in [0.29, 0.717) is 12.8 Å². The van der Waals surface area contributed by atoms with Crippen LogP contribution in [0, 0.1) is 5.82 Å². The number of rotatable bonds is 3. The molecule has 2 rings (SSSR count). The molecule has 0 aromatic heterocycles. The third-order valence-corrected chi connectivity index (χ3v) is 3.92. The Bertz CT molecular complexity index is 440. The summed E-state index contributed by atoms with van der Waals surface area (Å²) in [6.45, 7) is 0. The number of benzene rings is 1. The van der Waals surface area contributed by atoms with Crippen molar-refractivity contribution in [3.05, 3.63) is 30.1 Å². The van der Waals surface area contributed by atoms with Crippen LogP contribution in [0.25, 0.3) is 0 Å². The first kappa shape index (κ1) is 9.45. The second-order valence-electron chi connectivity index (χ2n) is 3.36. The molecule has 76 valence electrons. The van der Waals surface area contributed by atoms with Crippen LogP contribution in [0.4, 0.5) is 10.1 Å². The predicted molar refractivity (Wildman–Crippen MR) is 52.0 cm³/mol. The van der Waals surface area contributed by atoms with Crippen molar-refractivity contribution in [2.45, 2.75) is 18.1 Å². The lowest BCUT2D eigenvalue weighted by Crippen LogP contribution is -2.17. The van der Waals surface area contributed by atoms with E-state index < -0.39 is 15.8 Å². The lowest BCUT2D eigenvalue weighted by molar-refractivity contribution is 0.600. The Morgan fingerprint density at radius 2 is 2.07 bits per heavy atom. The Labute approximate surface area is 82.0 Å². The molecule has 0 amide bonds. The number of sulfonamides is 1. The SMILES string of the molecule is O=S(=O)(Nc1cccc(F)c1)C1CC1. The van der Waals surface area contributed by atoms with Gasteiger partial charge in [-0.3, -0.25) is 4.72 Å². The quantitative estimate of drug-likeness (QED) is 0.834. The zero-order valence-corrected chi connectivity index (χ0v) is 8.22. The second-order valence-corrected chi connectivity index (χ2v) is 5.32. The number of hydrogen-bond donors (Lipinski definition) is 1. The monoisotopic (exact) mass is 215 g/mol. The van der Waals surface area contributed by atoms with Crippen molar-refractivity contribution in [1.82, 2.24) is 0 Å². The number of nitrogens with one attached hydrogen (secondary N) is 1. The van der Waals surface area contributed by atoms with Crippen molar-refractivity contribution >= 4 is 15.7 Å². The van der Waals surface area contributed by atoms with Crippen molar-refractivity contribution in [2.24, 2.45) is 0 Å². The van der Waals surface area contributed by atoms with E-state index in [2.05, 4.69) is 4.72 Å². The summed E-state index contributed by atoms with van der Waals surface area (Å²) in [6.07, 6.45) is 1.40. The summed E-state index contributed by atoms with van der Waals surface area (Å²) in [5.41, 5.74) is 0.289. The molecule has 0 saturated heterocycles. The summed E-state index contributed by atoms with van der Waals surface area (Å²) in [4.78, 5) is 0. The van der Waals surface area contributed by atoms with Gasteiger partial charge < -0.3 is 0 Å². The van der Waals surface area contributed by atoms with Gasteiger partial charge in [0.1, 0.15) is 5.82 Å². The molecule has 1 aliphatic carbocycles. The van der Waals surface area contributed by atoms with E-state index in [1.165, 1.54) is 24.3 Å². The molecule has 0 aliphatic heterocycles. The Hall–Kier alpha value is -1.10. The highest BCUT2D eigenvalue weighted by molar-refractivity contribution is 7.93. The molecule has 3 nitrogen and oxygen atoms in total. The molecule has 0 heterocycles. The lowest BCUT2D eigenvalue weighted by Gasteiger charge is -2.05. The van der Waals surface area contributed by atoms with Gasteiger partial charge in [0.2, 0.25) is 10.0 Å². The van der Waals surface area contributed by atoms with Gasteiger partial charge in [-0.15, -0.1) is 0 Å². The Morgan fingerprint density at radius 1 is 1.36 bits per heavy atom. The molecule has 14 heavy (non-hydrogen) atoms. The molecule has 1 aliphatic rings. The molecule has 0 spiro atoms. The first-order valence-corrected chi connectivity index (χ1v) is 5.90. The Kier molecular flexibility index (Phi) is 2.19. The largest absolute Gasteiger partial charge is 0.283 e. The highest BCUT2D eigenvalue weighted by atomic mass is 32.2. The molecular formula is C9H10FNO2S. The van der Waals surface area contributed by atoms with Crippen molar-refractivity contribution in [1.29, 1.82) is 0 Å². The van der Waals surface area contributed by atoms with Crippen LogP contribution >= 0.6 is 0 Å². The van der Waals surface area contributed by atoms with Gasteiger partial charge in [-0.25, -0.2) is 12.8 Å². The van der Waals surface area contributed by atoms with E-state index in [0.717, 1.165) is 0 Å². The van der Waals surface area contributed by atoms with E-state index in [-0.39, 0.29) is 10.9 Å². The maximum absolute atomic E-state index is 12.7. The highest BCUT2D eigenvalue weighted by Gasteiger charge is 2.35. The minimum Gasteiger partial charge on any atom is -0.283 e. The smallest absolute Gasteiger partial charge is 0.235 e. The second kappa shape index (κ2) is 3.24. The summed E-state index contributed by atoms with van der Waals surface area (Å²) < 4.78 is 38.0. The molecule has 0 atom stereocenters. The van der Waals surface area contributed by atoms with Gasteiger partial charge in [0.15, 0.2) is 0 Å². The van der Waals surface area contributed by atoms with Gasteiger partial charge in [0.25, 0.3) is 0 Å². The summed E-state index contributed by atoms with van der Waals surface area (Å²) in [6, 6.07) is 5.44. The third kappa shape index (κ3) is 2.04. The number of halogens is 1. The molecule has 1 saturated carbocycles. The first-order valence-electron chi connectivity index (χ1n) is 4.35. The molecule has 0 unspecified atom stereocenters. The zero-order valence-electron chi connectivity index (χ0n) is 7.40. The summed E-state index contributed by atoms with van der Waals surface area (Å²) >= 11 is 0. The van der Waals surface area contributed by atoms with Crippen LogP contribution < -0.4 is 4.72 Å². The molecule has 0 bridgehead atoms. The molecule has 0 radical (unpaired) electrons. The molecule has 1 aromatic carbocycles. The summed E-state index contributed by atoms with van der Waals surface area (Å²) in [7, 11) is -3.27. The van der Waals surface area contributed by atoms with Crippen LogP contribution in [0.15, 0.2) is 24.3 Å². The van der Waals surface area contributed by atoms with E-state index in [4.69, 9.17) is 0 Å². The fraction of sp³-hybridized carbons (Fsp3) is 0.333. The van der Waals surface area contributed by atoms with Crippen LogP contribution in [-0.2, 0) is 10.0 Å². The average Bonchev–Trinajstić information content (AvgIpc) is 2.84. The van der Waals surface area contributed by atoms with Crippen LogP contribution in [0.5, 0.6) is 0 Å². The van der Waals surface area contributed by atoms with Gasteiger partial charge in [0, 0.05) is 0 Å². The summed E-state index contributed by atoms with van der Waals surface area (Å²) in [5, 5.41) is -0.286. The molecule has 1 aromatic rings. The fourth-order valence-electron chi connectivity index (χ4n) is 1.18. The van der Waals surface area contributed by atoms with Gasteiger partial charge >= 0.3 is 0 Å². The standard InChI is InChI=1S/C9H10FNO2S/c10-7-2-1-3-8(6-7)11-14(12,13)9-4-5-9/h1-3,6,9,11H,4-5H2. The van der Waals surface area contributed by atoms with Crippen LogP contribution in [-0.4, -0.2) is 13.7 Å².